The Morgan fingerprint density at radius 3 is 2.55 bits per heavy atom. The molecule has 0 spiro atoms. The molecule has 156 valence electrons. The van der Waals surface area contributed by atoms with E-state index < -0.39 is 39.7 Å². The van der Waals surface area contributed by atoms with Crippen LogP contribution in [0.15, 0.2) is 35.2 Å². The summed E-state index contributed by atoms with van der Waals surface area (Å²) >= 11 is 0. The molecule has 2 aromatic rings. The number of amides is 2. The lowest BCUT2D eigenvalue weighted by atomic mass is 10.1. The quantitative estimate of drug-likeness (QED) is 0.641. The highest BCUT2D eigenvalue weighted by atomic mass is 32.2. The molecule has 2 amide bonds. The van der Waals surface area contributed by atoms with Gasteiger partial charge in [-0.1, -0.05) is 18.2 Å². The van der Waals surface area contributed by atoms with E-state index in [9.17, 15) is 22.4 Å². The van der Waals surface area contributed by atoms with Crippen molar-refractivity contribution in [2.24, 2.45) is 0 Å². The number of hydrogen-bond acceptors (Lipinski definition) is 8. The molecule has 0 bridgehead atoms. The molecular formula is C17H19FN4O6S. The van der Waals surface area contributed by atoms with E-state index in [2.05, 4.69) is 15.3 Å². The van der Waals surface area contributed by atoms with Crippen molar-refractivity contribution in [2.75, 3.05) is 19.1 Å². The van der Waals surface area contributed by atoms with E-state index in [1.165, 1.54) is 31.4 Å². The third-order valence-corrected chi connectivity index (χ3v) is 4.90. The second-order valence-corrected chi connectivity index (χ2v) is 7.38. The molecule has 1 aromatic carbocycles. The summed E-state index contributed by atoms with van der Waals surface area (Å²) in [5.41, 5.74) is 0.367. The van der Waals surface area contributed by atoms with Gasteiger partial charge in [0.1, 0.15) is 6.67 Å². The van der Waals surface area contributed by atoms with Crippen molar-refractivity contribution >= 4 is 28.0 Å². The van der Waals surface area contributed by atoms with E-state index in [1.807, 2.05) is 0 Å². The number of anilines is 1. The Labute approximate surface area is 166 Å². The van der Waals surface area contributed by atoms with Crippen LogP contribution in [0.2, 0.25) is 0 Å². The number of aromatic nitrogens is 2. The van der Waals surface area contributed by atoms with Crippen LogP contribution in [0.1, 0.15) is 24.3 Å². The second kappa shape index (κ2) is 9.28. The number of carbonyl (C=O) groups excluding carboxylic acids is 2. The fourth-order valence-electron chi connectivity index (χ4n) is 2.37. The van der Waals surface area contributed by atoms with Gasteiger partial charge in [-0.3, -0.25) is 10.1 Å². The van der Waals surface area contributed by atoms with Crippen molar-refractivity contribution < 1.29 is 31.9 Å². The summed E-state index contributed by atoms with van der Waals surface area (Å²) in [5.74, 6) is -0.784. The van der Waals surface area contributed by atoms with Gasteiger partial charge in [-0.15, -0.1) is 0 Å². The van der Waals surface area contributed by atoms with Gasteiger partial charge in [0.15, 0.2) is 6.10 Å². The van der Waals surface area contributed by atoms with Crippen LogP contribution in [0.4, 0.5) is 15.1 Å². The summed E-state index contributed by atoms with van der Waals surface area (Å²) in [7, 11) is -3.06. The minimum absolute atomic E-state index is 0.112. The summed E-state index contributed by atoms with van der Waals surface area (Å²) in [4.78, 5) is 30.7. The molecule has 1 unspecified atom stereocenters. The lowest BCUT2D eigenvalue weighted by molar-refractivity contribution is -0.147. The summed E-state index contributed by atoms with van der Waals surface area (Å²) in [6.45, 7) is 1.56. The molecule has 29 heavy (non-hydrogen) atoms. The second-order valence-electron chi connectivity index (χ2n) is 5.73. The number of carbonyl (C=O) groups is 2. The average molecular weight is 426 g/mol. The Morgan fingerprint density at radius 1 is 1.24 bits per heavy atom. The molecule has 1 aromatic heterocycles. The van der Waals surface area contributed by atoms with Gasteiger partial charge in [0.05, 0.1) is 12.0 Å². The van der Waals surface area contributed by atoms with Crippen molar-refractivity contribution in [3.8, 4) is 5.88 Å². The van der Waals surface area contributed by atoms with Gasteiger partial charge in [0.2, 0.25) is 11.8 Å². The van der Waals surface area contributed by atoms with E-state index >= 15 is 0 Å². The number of hydrogen-bond donors (Lipinski definition) is 2. The first-order valence-corrected chi connectivity index (χ1v) is 9.70. The highest BCUT2D eigenvalue weighted by molar-refractivity contribution is 7.90. The van der Waals surface area contributed by atoms with Crippen LogP contribution in [-0.2, 0) is 19.6 Å². The van der Waals surface area contributed by atoms with E-state index in [4.69, 9.17) is 9.47 Å². The minimum atomic E-state index is -4.43. The van der Waals surface area contributed by atoms with Crippen LogP contribution < -0.4 is 14.8 Å². The van der Waals surface area contributed by atoms with Crippen molar-refractivity contribution in [3.63, 3.8) is 0 Å². The number of halogens is 1. The highest BCUT2D eigenvalue weighted by Gasteiger charge is 2.27. The van der Waals surface area contributed by atoms with Gasteiger partial charge in [0.25, 0.3) is 10.0 Å². The van der Waals surface area contributed by atoms with E-state index in [-0.39, 0.29) is 17.4 Å². The molecule has 0 fully saturated rings. The van der Waals surface area contributed by atoms with Gasteiger partial charge in [0, 0.05) is 24.2 Å². The number of ether oxygens (including phenoxy) is 2. The van der Waals surface area contributed by atoms with Gasteiger partial charge in [-0.25, -0.2) is 27.3 Å². The topological polar surface area (TPSA) is 137 Å². The number of nitrogens with zero attached hydrogens (tertiary/aromatic N) is 2. The molecule has 0 aliphatic rings. The maximum atomic E-state index is 13.3. The van der Waals surface area contributed by atoms with Gasteiger partial charge in [-0.2, -0.15) is 4.98 Å². The molecule has 1 heterocycles. The van der Waals surface area contributed by atoms with Crippen molar-refractivity contribution in [2.45, 2.75) is 24.8 Å². The number of benzene rings is 1. The molecule has 0 aliphatic heterocycles. The van der Waals surface area contributed by atoms with Crippen LogP contribution in [0.25, 0.3) is 0 Å². The Kier molecular flexibility index (Phi) is 7.04. The number of rotatable bonds is 7. The fraction of sp³-hybridized carbons (Fsp3) is 0.294. The smallest absolute Gasteiger partial charge is 0.335 e. The number of sulfonamides is 1. The highest BCUT2D eigenvalue weighted by Crippen LogP contribution is 2.26. The molecule has 12 heteroatoms. The summed E-state index contributed by atoms with van der Waals surface area (Å²) in [6.07, 6.45) is -1.44. The number of nitrogens with one attached hydrogen (secondary N) is 2. The first-order chi connectivity index (χ1) is 13.7. The zero-order valence-corrected chi connectivity index (χ0v) is 16.6. The minimum Gasteiger partial charge on any atom is -0.481 e. The molecule has 2 N–H and O–H groups in total. The number of methoxy groups -OCH3 is 1. The Bertz CT molecular complexity index is 1010. The van der Waals surface area contributed by atoms with Crippen LogP contribution in [0, 0.1) is 6.92 Å². The number of urea groups is 1. The molecule has 0 saturated carbocycles. The third-order valence-electron chi connectivity index (χ3n) is 3.50. The predicted molar refractivity (Wildman–Crippen MR) is 99.6 cm³/mol. The summed E-state index contributed by atoms with van der Waals surface area (Å²) in [5, 5.41) is 2.19. The van der Waals surface area contributed by atoms with Crippen LogP contribution in [0.3, 0.4) is 0 Å². The monoisotopic (exact) mass is 426 g/mol. The zero-order valence-electron chi connectivity index (χ0n) is 15.8. The number of esters is 1. The summed E-state index contributed by atoms with van der Waals surface area (Å²) < 4.78 is 50.2. The van der Waals surface area contributed by atoms with E-state index in [0.29, 0.717) is 5.69 Å². The largest absolute Gasteiger partial charge is 0.481 e. The molecule has 10 nitrogen and oxygen atoms in total. The Hall–Kier alpha value is -3.28. The van der Waals surface area contributed by atoms with Crippen molar-refractivity contribution in [1.29, 1.82) is 0 Å². The normalized spacial score (nSPS) is 12.0. The average Bonchev–Trinajstić information content (AvgIpc) is 2.64. The Morgan fingerprint density at radius 2 is 1.93 bits per heavy atom. The number of aryl methyl sites for hydroxylation is 1. The SMILES string of the molecule is COc1cc(C)nc(NC(=O)NS(=O)(=O)c2ccccc2C(CF)OC(C)=O)n1. The van der Waals surface area contributed by atoms with Crippen LogP contribution in [-0.4, -0.2) is 44.2 Å². The van der Waals surface area contributed by atoms with Gasteiger partial charge >= 0.3 is 12.0 Å². The van der Waals surface area contributed by atoms with Gasteiger partial charge in [-0.05, 0) is 13.0 Å². The zero-order chi connectivity index (χ0) is 21.6. The Balaban J connectivity index is 2.26. The molecule has 0 aliphatic carbocycles. The summed E-state index contributed by atoms with van der Waals surface area (Å²) in [6, 6.07) is 5.65. The lowest BCUT2D eigenvalue weighted by Crippen LogP contribution is -2.35. The standard InChI is InChI=1S/C17H19FN4O6S/c1-10-8-15(27-3)20-16(19-10)21-17(24)22-29(25,26)14-7-5-4-6-12(14)13(9-18)28-11(2)23/h4-8,13H,9H2,1-3H3,(H2,19,20,21,22,24). The van der Waals surface area contributed by atoms with Crippen LogP contribution >= 0.6 is 0 Å². The maximum Gasteiger partial charge on any atom is 0.335 e. The van der Waals surface area contributed by atoms with Crippen molar-refractivity contribution in [1.82, 2.24) is 14.7 Å². The first kappa shape index (κ1) is 22.0. The van der Waals surface area contributed by atoms with Crippen molar-refractivity contribution in [3.05, 3.63) is 41.6 Å². The third kappa shape index (κ3) is 5.85. The lowest BCUT2D eigenvalue weighted by Gasteiger charge is -2.18. The molecule has 1 atom stereocenters. The predicted octanol–water partition coefficient (Wildman–Crippen LogP) is 1.88. The number of alkyl halides is 1. The van der Waals surface area contributed by atoms with Crippen LogP contribution in [0.5, 0.6) is 5.88 Å². The molecule has 0 saturated heterocycles. The van der Waals surface area contributed by atoms with E-state index in [1.54, 1.807) is 11.6 Å². The molecule has 0 radical (unpaired) electrons. The van der Waals surface area contributed by atoms with Gasteiger partial charge < -0.3 is 9.47 Å². The molecular weight excluding hydrogens is 407 g/mol. The maximum absolute atomic E-state index is 13.3. The van der Waals surface area contributed by atoms with E-state index in [0.717, 1.165) is 13.0 Å². The molecule has 2 rings (SSSR count). The fourth-order valence-corrected chi connectivity index (χ4v) is 3.55. The first-order valence-electron chi connectivity index (χ1n) is 8.22.